The van der Waals surface area contributed by atoms with E-state index in [-0.39, 0.29) is 23.9 Å². The molecule has 1 saturated heterocycles. The van der Waals surface area contributed by atoms with Crippen LogP contribution < -0.4 is 9.88 Å². The molecule has 2 N–H and O–H groups in total. The van der Waals surface area contributed by atoms with Gasteiger partial charge < -0.3 is 10.4 Å². The van der Waals surface area contributed by atoms with Gasteiger partial charge >= 0.3 is 5.97 Å². The molecule has 2 atom stereocenters. The third-order valence-corrected chi connectivity index (χ3v) is 8.50. The van der Waals surface area contributed by atoms with Gasteiger partial charge in [0.05, 0.1) is 11.8 Å². The van der Waals surface area contributed by atoms with E-state index < -0.39 is 17.4 Å². The molecule has 7 nitrogen and oxygen atoms in total. The maximum absolute atomic E-state index is 12.8. The lowest BCUT2D eigenvalue weighted by Crippen LogP contribution is -2.70. The number of nitrogens with zero attached hydrogens (tertiary/aromatic N) is 2. The van der Waals surface area contributed by atoms with E-state index in [1.807, 2.05) is 51.9 Å². The van der Waals surface area contributed by atoms with Crippen molar-refractivity contribution in [1.82, 2.24) is 10.2 Å². The van der Waals surface area contributed by atoms with Crippen LogP contribution in [0.3, 0.4) is 0 Å². The van der Waals surface area contributed by atoms with Gasteiger partial charge in [0.1, 0.15) is 17.1 Å². The number of nitrogens with one attached hydrogen (secondary N) is 1. The van der Waals surface area contributed by atoms with Gasteiger partial charge in [0.25, 0.3) is 10.7 Å². The summed E-state index contributed by atoms with van der Waals surface area (Å²) in [6.45, 7) is 0.401. The molecule has 3 aromatic rings. The Morgan fingerprint density at radius 2 is 2.06 bits per heavy atom. The van der Waals surface area contributed by atoms with E-state index in [2.05, 4.69) is 5.32 Å². The van der Waals surface area contributed by atoms with Gasteiger partial charge in [-0.1, -0.05) is 17.4 Å². The molecule has 3 aromatic heterocycles. The highest BCUT2D eigenvalue weighted by atomic mass is 32.2. The first-order valence-corrected chi connectivity index (χ1v) is 12.4. The Morgan fingerprint density at radius 1 is 1.19 bits per heavy atom. The van der Waals surface area contributed by atoms with Crippen LogP contribution in [0.5, 0.6) is 0 Å². The first-order valence-electron chi connectivity index (χ1n) is 9.60. The van der Waals surface area contributed by atoms with E-state index in [1.54, 1.807) is 11.3 Å². The molecule has 5 heterocycles. The zero-order valence-corrected chi connectivity index (χ0v) is 18.6. The van der Waals surface area contributed by atoms with Gasteiger partial charge in [-0.15, -0.1) is 23.1 Å². The molecule has 1 fully saturated rings. The summed E-state index contributed by atoms with van der Waals surface area (Å²) in [6.07, 6.45) is 2.14. The number of β-lactam (4-membered cyclic amide) rings is 1. The minimum absolute atomic E-state index is 0.0403. The van der Waals surface area contributed by atoms with Crippen LogP contribution in [-0.2, 0) is 27.3 Å². The number of hydrogen-bond donors (Lipinski definition) is 2. The Bertz CT molecular complexity index is 1220. The fourth-order valence-electron chi connectivity index (χ4n) is 3.92. The van der Waals surface area contributed by atoms with E-state index in [0.717, 1.165) is 15.1 Å². The van der Waals surface area contributed by atoms with E-state index in [4.69, 9.17) is 0 Å². The number of rotatable bonds is 6. The van der Waals surface area contributed by atoms with E-state index in [0.29, 0.717) is 17.9 Å². The molecule has 2 aliphatic heterocycles. The number of thioether (sulfide) groups is 1. The summed E-state index contributed by atoms with van der Waals surface area (Å²) < 4.78 is 2.02. The third kappa shape index (κ3) is 3.64. The summed E-state index contributed by atoms with van der Waals surface area (Å²) >= 11 is 4.57. The minimum atomic E-state index is -1.11. The number of carbonyl (C=O) groups is 3. The van der Waals surface area contributed by atoms with E-state index >= 15 is 0 Å². The van der Waals surface area contributed by atoms with Crippen LogP contribution in [0.1, 0.15) is 4.88 Å². The van der Waals surface area contributed by atoms with Crippen molar-refractivity contribution in [3.8, 4) is 0 Å². The van der Waals surface area contributed by atoms with Crippen molar-refractivity contribution in [3.05, 3.63) is 63.4 Å². The molecule has 0 aliphatic carbocycles. The Kier molecular flexibility index (Phi) is 5.28. The molecule has 0 radical (unpaired) electrons. The summed E-state index contributed by atoms with van der Waals surface area (Å²) in [5.74, 6) is -1.23. The standard InChI is InChI=1S/C21H17N3O4S3/c25-15(9-14-4-2-7-29-14)22-16-18(26)24-17(21(27)28)13(11-31-20(16)24)10-23-6-1-3-12-5-8-30-19(12)23/h1-8,16,20H,9-11H2,(H-,22,25,27,28)/p+1/t16?,20-/m0/s1. The number of aliphatic carboxylic acids is 1. The average molecular weight is 473 g/mol. The monoisotopic (exact) mass is 472 g/mol. The zero-order valence-electron chi connectivity index (χ0n) is 16.2. The number of pyridine rings is 1. The fraction of sp³-hybridized carbons (Fsp3) is 0.238. The van der Waals surface area contributed by atoms with Gasteiger partial charge in [-0.2, -0.15) is 4.57 Å². The number of thiophene rings is 2. The highest BCUT2D eigenvalue weighted by Crippen LogP contribution is 2.40. The van der Waals surface area contributed by atoms with Crippen molar-refractivity contribution in [2.75, 3.05) is 5.75 Å². The largest absolute Gasteiger partial charge is 0.477 e. The third-order valence-electron chi connectivity index (χ3n) is 5.32. The van der Waals surface area contributed by atoms with Crippen LogP contribution in [0.15, 0.2) is 58.6 Å². The first-order chi connectivity index (χ1) is 15.0. The molecule has 0 spiro atoms. The summed E-state index contributed by atoms with van der Waals surface area (Å²) in [5.41, 5.74) is 0.731. The van der Waals surface area contributed by atoms with Crippen LogP contribution in [0.4, 0.5) is 0 Å². The molecular formula is C21H18N3O4S3+. The highest BCUT2D eigenvalue weighted by molar-refractivity contribution is 8.00. The topological polar surface area (TPSA) is 90.6 Å². The maximum Gasteiger partial charge on any atom is 0.352 e. The summed E-state index contributed by atoms with van der Waals surface area (Å²) in [7, 11) is 0. The minimum Gasteiger partial charge on any atom is -0.477 e. The Balaban J connectivity index is 1.36. The first kappa shape index (κ1) is 20.2. The number of aromatic nitrogens is 1. The average Bonchev–Trinajstić information content (AvgIpc) is 3.43. The summed E-state index contributed by atoms with van der Waals surface area (Å²) in [4.78, 5) is 40.6. The second-order valence-electron chi connectivity index (χ2n) is 7.29. The van der Waals surface area contributed by atoms with E-state index in [1.165, 1.54) is 28.0 Å². The zero-order chi connectivity index (χ0) is 21.5. The summed E-state index contributed by atoms with van der Waals surface area (Å²) in [5, 5.41) is 17.3. The van der Waals surface area contributed by atoms with Crippen LogP contribution in [0.25, 0.3) is 10.2 Å². The van der Waals surface area contributed by atoms with Crippen LogP contribution in [0.2, 0.25) is 0 Å². The molecular weight excluding hydrogens is 454 g/mol. The molecule has 2 amide bonds. The number of carboxylic acids is 1. The van der Waals surface area contributed by atoms with Crippen molar-refractivity contribution >= 4 is 62.4 Å². The Hall–Kier alpha value is -2.69. The lowest BCUT2D eigenvalue weighted by Gasteiger charge is -2.49. The van der Waals surface area contributed by atoms with Crippen LogP contribution in [-0.4, -0.2) is 45.0 Å². The summed E-state index contributed by atoms with van der Waals surface area (Å²) in [6, 6.07) is 9.03. The molecule has 0 bridgehead atoms. The fourth-order valence-corrected chi connectivity index (χ4v) is 6.84. The number of carboxylic acid groups (broad SMARTS) is 1. The quantitative estimate of drug-likeness (QED) is 0.424. The highest BCUT2D eigenvalue weighted by Gasteiger charge is 2.54. The van der Waals surface area contributed by atoms with Gasteiger partial charge in [0, 0.05) is 22.3 Å². The van der Waals surface area contributed by atoms with Crippen LogP contribution in [0, 0.1) is 0 Å². The van der Waals surface area contributed by atoms with Gasteiger partial charge in [0.15, 0.2) is 12.7 Å². The lowest BCUT2D eigenvalue weighted by atomic mass is 10.0. The second-order valence-corrected chi connectivity index (χ2v) is 10.3. The van der Waals surface area contributed by atoms with E-state index in [9.17, 15) is 19.5 Å². The Morgan fingerprint density at radius 3 is 2.84 bits per heavy atom. The van der Waals surface area contributed by atoms with Crippen molar-refractivity contribution in [2.24, 2.45) is 0 Å². The molecule has 10 heteroatoms. The molecule has 158 valence electrons. The normalized spacial score (nSPS) is 20.5. The predicted octanol–water partition coefficient (Wildman–Crippen LogP) is 2.23. The SMILES string of the molecule is O=C(Cc1cccs1)NC1C(=O)N2C(C(=O)O)=C(C[n+]3cccc4ccsc43)CS[C@@H]12. The maximum atomic E-state index is 12.8. The smallest absolute Gasteiger partial charge is 0.352 e. The number of amides is 2. The molecule has 0 aromatic carbocycles. The van der Waals surface area contributed by atoms with Crippen LogP contribution >= 0.6 is 34.4 Å². The second kappa shape index (κ2) is 8.10. The van der Waals surface area contributed by atoms with Gasteiger partial charge in [-0.05, 0) is 29.0 Å². The van der Waals surface area contributed by atoms with Crippen molar-refractivity contribution < 1.29 is 24.1 Å². The number of fused-ring (bicyclic) bond motifs is 2. The number of carbonyl (C=O) groups excluding carboxylic acids is 2. The van der Waals surface area contributed by atoms with Gasteiger partial charge in [-0.25, -0.2) is 4.79 Å². The van der Waals surface area contributed by atoms with Crippen molar-refractivity contribution in [3.63, 3.8) is 0 Å². The molecule has 1 unspecified atom stereocenters. The Labute approximate surface area is 190 Å². The number of hydrogen-bond acceptors (Lipinski definition) is 6. The molecule has 5 rings (SSSR count). The molecule has 2 aliphatic rings. The van der Waals surface area contributed by atoms with Gasteiger partial charge in [0.2, 0.25) is 5.91 Å². The molecule has 31 heavy (non-hydrogen) atoms. The van der Waals surface area contributed by atoms with Crippen molar-refractivity contribution in [2.45, 2.75) is 24.4 Å². The lowest BCUT2D eigenvalue weighted by molar-refractivity contribution is -0.661. The van der Waals surface area contributed by atoms with Gasteiger partial charge in [-0.3, -0.25) is 14.5 Å². The predicted molar refractivity (Wildman–Crippen MR) is 120 cm³/mol. The molecule has 0 saturated carbocycles. The van der Waals surface area contributed by atoms with Crippen molar-refractivity contribution in [1.29, 1.82) is 0 Å².